The minimum atomic E-state index is -2.12. The number of phenols is 1. The smallest absolute Gasteiger partial charge is 0.407 e. The summed E-state index contributed by atoms with van der Waals surface area (Å²) in [7, 11) is 4.58. The topological polar surface area (TPSA) is 304 Å². The molecular formula is C53H67BBrN5O19. The van der Waals surface area contributed by atoms with Crippen molar-refractivity contribution in [2.75, 3.05) is 90.8 Å². The number of alkyl carbamates (subject to hydrolysis) is 1. The SMILES string of the molecule is BC1CC(=O)N(CCOCCOCCOCCOCCC(=O)N[C@@H](C)C(=O)N[C@@H](C)C(=O)Nc2ccc(COC(=O)NCC34OC5c6c(C)cc7c(OC)c8c(c(O)c7c6O[C@](OC)(C5O3)[C@@]4(O)CBr)C(=O)CCC8)cc2)C1=O. The molecule has 428 valence electrons. The van der Waals surface area contributed by atoms with Crippen molar-refractivity contribution in [3.63, 3.8) is 0 Å². The summed E-state index contributed by atoms with van der Waals surface area (Å²) in [5, 5.41) is 35.4. The fourth-order valence-corrected chi connectivity index (χ4v) is 11.4. The fourth-order valence-electron chi connectivity index (χ4n) is 10.6. The summed E-state index contributed by atoms with van der Waals surface area (Å²) in [5.74, 6) is -5.92. The minimum absolute atomic E-state index is 0.00765. The zero-order valence-electron chi connectivity index (χ0n) is 45.0. The number of hydrogen-bond acceptors (Lipinski definition) is 19. The number of likely N-dealkylation sites (tertiary alicyclic amines) is 1. The second-order valence-electron chi connectivity index (χ2n) is 20.0. The molecule has 0 saturated carbocycles. The van der Waals surface area contributed by atoms with Crippen molar-refractivity contribution in [3.8, 4) is 17.2 Å². The Balaban J connectivity index is 0.727. The van der Waals surface area contributed by atoms with Crippen LogP contribution in [0.15, 0.2) is 30.3 Å². The Morgan fingerprint density at radius 2 is 1.56 bits per heavy atom. The molecule has 0 aromatic heterocycles. The van der Waals surface area contributed by atoms with Crippen molar-refractivity contribution in [1.29, 1.82) is 0 Å². The number of aromatic hydroxyl groups is 1. The maximum atomic E-state index is 13.2. The van der Waals surface area contributed by atoms with Crippen molar-refractivity contribution in [1.82, 2.24) is 20.9 Å². The number of benzene rings is 3. The Hall–Kier alpha value is -5.97. The van der Waals surface area contributed by atoms with E-state index >= 15 is 0 Å². The molecule has 2 bridgehead atoms. The monoisotopic (exact) mass is 1170 g/mol. The molecule has 26 heteroatoms. The third-order valence-electron chi connectivity index (χ3n) is 14.8. The largest absolute Gasteiger partial charge is 0.506 e. The number of Topliss-reactive ketones (excluding diaryl/α,β-unsaturated/α-hetero) is 1. The van der Waals surface area contributed by atoms with E-state index in [0.717, 1.165) is 0 Å². The van der Waals surface area contributed by atoms with E-state index in [2.05, 4.69) is 37.2 Å². The van der Waals surface area contributed by atoms with Gasteiger partial charge in [0.15, 0.2) is 17.5 Å². The molecule has 4 heterocycles. The van der Waals surface area contributed by atoms with Crippen LogP contribution >= 0.6 is 15.9 Å². The number of nitrogens with zero attached hydrogens (tertiary/aromatic N) is 1. The number of aryl methyl sites for hydroxylation is 1. The first-order valence-corrected chi connectivity index (χ1v) is 27.3. The normalized spacial score (nSPS) is 24.4. The number of aliphatic hydroxyl groups is 1. The van der Waals surface area contributed by atoms with Gasteiger partial charge in [-0.2, -0.15) is 0 Å². The van der Waals surface area contributed by atoms with Gasteiger partial charge in [-0.05, 0) is 62.9 Å². The number of phenolic OH excluding ortho intramolecular Hbond substituents is 1. The maximum Gasteiger partial charge on any atom is 0.407 e. The highest BCUT2D eigenvalue weighted by Gasteiger charge is 2.84. The van der Waals surface area contributed by atoms with Crippen molar-refractivity contribution in [3.05, 3.63) is 58.1 Å². The van der Waals surface area contributed by atoms with Crippen molar-refractivity contribution >= 4 is 81.6 Å². The van der Waals surface area contributed by atoms with Gasteiger partial charge >= 0.3 is 6.09 Å². The van der Waals surface area contributed by atoms with Gasteiger partial charge < -0.3 is 78.8 Å². The zero-order valence-corrected chi connectivity index (χ0v) is 46.5. The van der Waals surface area contributed by atoms with E-state index in [-0.39, 0.29) is 110 Å². The highest BCUT2D eigenvalue weighted by Crippen LogP contribution is 2.66. The molecule has 3 aromatic carbocycles. The summed E-state index contributed by atoms with van der Waals surface area (Å²) < 4.78 is 58.9. The van der Waals surface area contributed by atoms with Crippen molar-refractivity contribution < 1.29 is 91.1 Å². The Bertz CT molecular complexity index is 2830. The molecule has 0 radical (unpaired) electrons. The molecule has 4 aliphatic heterocycles. The van der Waals surface area contributed by atoms with Gasteiger partial charge in [-0.3, -0.25) is 33.7 Å². The number of rotatable bonds is 27. The molecule has 79 heavy (non-hydrogen) atoms. The van der Waals surface area contributed by atoms with Gasteiger partial charge in [0.05, 0.1) is 84.0 Å². The molecule has 0 spiro atoms. The van der Waals surface area contributed by atoms with Crippen LogP contribution in [0.3, 0.4) is 0 Å². The Labute approximate surface area is 464 Å². The summed E-state index contributed by atoms with van der Waals surface area (Å²) in [6.07, 6.45) is -1.21. The van der Waals surface area contributed by atoms with Crippen LogP contribution in [0, 0.1) is 6.92 Å². The van der Waals surface area contributed by atoms with Gasteiger partial charge in [-0.15, -0.1) is 0 Å². The first-order valence-electron chi connectivity index (χ1n) is 26.2. The molecule has 3 saturated heterocycles. The third kappa shape index (κ3) is 11.8. The molecule has 6 N–H and O–H groups in total. The lowest BCUT2D eigenvalue weighted by molar-refractivity contribution is -0.343. The lowest BCUT2D eigenvalue weighted by Gasteiger charge is -2.53. The molecule has 6 amide bonds. The van der Waals surface area contributed by atoms with Crippen molar-refractivity contribution in [2.24, 2.45) is 0 Å². The number of halogens is 1. The van der Waals surface area contributed by atoms with E-state index in [0.29, 0.717) is 78.3 Å². The maximum absolute atomic E-state index is 13.2. The first-order chi connectivity index (χ1) is 37.8. The molecule has 3 fully saturated rings. The number of nitrogens with one attached hydrogen (secondary N) is 4. The Morgan fingerprint density at radius 3 is 2.19 bits per heavy atom. The van der Waals surface area contributed by atoms with Gasteiger partial charge in [0.2, 0.25) is 35.3 Å². The third-order valence-corrected chi connectivity index (χ3v) is 15.6. The predicted molar refractivity (Wildman–Crippen MR) is 285 cm³/mol. The van der Waals surface area contributed by atoms with Crippen molar-refractivity contribution in [2.45, 2.75) is 107 Å². The van der Waals surface area contributed by atoms with E-state index in [1.165, 1.54) is 33.0 Å². The van der Waals surface area contributed by atoms with Gasteiger partial charge in [-0.1, -0.05) is 28.1 Å². The number of carbonyl (C=O) groups excluding carboxylic acids is 7. The number of alkyl halides is 1. The highest BCUT2D eigenvalue weighted by molar-refractivity contribution is 9.09. The van der Waals surface area contributed by atoms with Crippen LogP contribution in [-0.2, 0) is 74.9 Å². The molecule has 3 aromatic rings. The number of ether oxygens (including phenoxy) is 10. The van der Waals surface area contributed by atoms with Gasteiger partial charge in [0, 0.05) is 59.7 Å². The average Bonchev–Trinajstić information content (AvgIpc) is 3.48. The fraction of sp³-hybridized carbons (Fsp3) is 0.566. The Morgan fingerprint density at radius 1 is 0.899 bits per heavy atom. The quantitative estimate of drug-likeness (QED) is 0.0275. The van der Waals surface area contributed by atoms with Gasteiger partial charge in [0.1, 0.15) is 49.9 Å². The average molecular weight is 1170 g/mol. The number of fused-ring (bicyclic) bond motifs is 6. The van der Waals surface area contributed by atoms with E-state index in [4.69, 9.17) is 47.4 Å². The standard InChI is InChI=1S/C53H67BBrN5O19/c1-28-23-34-41(42(64)40-33(43(34)70-4)7-6-8-36(40)61)44-39(28)45-46-53(71-5,78-44)51(69,26-55)52(77-45,79-46)27-56-50(68)76-25-31-9-11-32(12-10-31)59-48(66)30(3)58-47(65)29(2)57-37(62)13-15-72-17-19-74-21-22-75-20-18-73-16-14-60-38(63)24-35(54)49(60)67/h9-12,23,29-30,35,45-46,64,69H,6-8,13-22,24-27,54H2,1-5H3,(H,56,68)(H,57,62)(H,58,65)(H,59,66)/t29-,30-,35?,45?,46?,51+,52?,53+/m0/s1. The first kappa shape index (κ1) is 59.2. The minimum Gasteiger partial charge on any atom is -0.506 e. The number of ketones is 1. The second kappa shape index (κ2) is 25.2. The van der Waals surface area contributed by atoms with Gasteiger partial charge in [-0.25, -0.2) is 4.79 Å². The molecule has 1 aliphatic carbocycles. The second-order valence-corrected chi connectivity index (χ2v) is 20.6. The summed E-state index contributed by atoms with van der Waals surface area (Å²) in [6, 6.07) is 6.35. The van der Waals surface area contributed by atoms with Crippen LogP contribution < -0.4 is 30.7 Å². The molecule has 4 unspecified atom stereocenters. The highest BCUT2D eigenvalue weighted by atomic mass is 79.9. The number of hydrogen-bond donors (Lipinski definition) is 6. The molecular weight excluding hydrogens is 1100 g/mol. The van der Waals surface area contributed by atoms with Crippen LogP contribution in [0.4, 0.5) is 10.5 Å². The van der Waals surface area contributed by atoms with Gasteiger partial charge in [0.25, 0.3) is 5.79 Å². The summed E-state index contributed by atoms with van der Waals surface area (Å²) in [4.78, 5) is 89.7. The number of anilines is 1. The van der Waals surface area contributed by atoms with E-state index < -0.39 is 71.8 Å². The summed E-state index contributed by atoms with van der Waals surface area (Å²) in [5.41, 5.74) is 0.816. The molecule has 8 atom stereocenters. The summed E-state index contributed by atoms with van der Waals surface area (Å²) in [6.45, 7) is 6.59. The zero-order chi connectivity index (χ0) is 56.8. The predicted octanol–water partition coefficient (Wildman–Crippen LogP) is 1.92. The molecule has 5 aliphatic rings. The molecule has 24 nitrogen and oxygen atoms in total. The van der Waals surface area contributed by atoms with Crippen LogP contribution in [0.2, 0.25) is 5.82 Å². The number of imide groups is 1. The van der Waals surface area contributed by atoms with Crippen LogP contribution in [0.1, 0.15) is 78.2 Å². The number of amides is 6. The summed E-state index contributed by atoms with van der Waals surface area (Å²) >= 11 is 3.41. The number of methoxy groups -OCH3 is 2. The Kier molecular flexibility index (Phi) is 18.9. The van der Waals surface area contributed by atoms with Crippen LogP contribution in [-0.4, -0.2) is 185 Å². The van der Waals surface area contributed by atoms with E-state index in [1.807, 2.05) is 13.0 Å². The lowest BCUT2D eigenvalue weighted by Crippen LogP contribution is -2.75. The van der Waals surface area contributed by atoms with Crippen LogP contribution in [0.25, 0.3) is 10.8 Å². The van der Waals surface area contributed by atoms with E-state index in [9.17, 15) is 43.8 Å². The molecule has 8 rings (SSSR count). The number of carbonyl (C=O) groups is 7. The lowest BCUT2D eigenvalue weighted by atomic mass is 9.76. The van der Waals surface area contributed by atoms with Crippen LogP contribution in [0.5, 0.6) is 17.2 Å². The van der Waals surface area contributed by atoms with E-state index in [1.54, 1.807) is 32.1 Å².